The van der Waals surface area contributed by atoms with Crippen molar-refractivity contribution in [1.29, 1.82) is 0 Å². The molecule has 0 N–H and O–H groups in total. The monoisotopic (exact) mass is 368 g/mol. The molecule has 1 unspecified atom stereocenters. The van der Waals surface area contributed by atoms with Crippen LogP contribution in [0.3, 0.4) is 0 Å². The highest BCUT2D eigenvalue weighted by atomic mass is 32.2. The molecule has 0 radical (unpaired) electrons. The molecule has 8 nitrogen and oxygen atoms in total. The summed E-state index contributed by atoms with van der Waals surface area (Å²) in [4.78, 5) is 22.4. The molecule has 0 aromatic carbocycles. The van der Waals surface area contributed by atoms with Gasteiger partial charge in [0.2, 0.25) is 10.0 Å². The van der Waals surface area contributed by atoms with E-state index in [2.05, 4.69) is 9.97 Å². The molecule has 25 heavy (non-hydrogen) atoms. The van der Waals surface area contributed by atoms with Gasteiger partial charge in [-0.15, -0.1) is 0 Å². The Balaban J connectivity index is 1.70. The van der Waals surface area contributed by atoms with Gasteiger partial charge in [0.1, 0.15) is 6.61 Å². The Hall–Kier alpha value is -1.74. The lowest BCUT2D eigenvalue weighted by molar-refractivity contribution is 0.177. The molecule has 9 heteroatoms. The van der Waals surface area contributed by atoms with Crippen LogP contribution in [0.4, 0.5) is 10.6 Å². The fraction of sp³-hybridized carbons (Fsp3) is 0.688. The van der Waals surface area contributed by atoms with Gasteiger partial charge in [0.25, 0.3) is 0 Å². The van der Waals surface area contributed by atoms with Gasteiger partial charge in [0, 0.05) is 19.0 Å². The van der Waals surface area contributed by atoms with Crippen LogP contribution in [-0.2, 0) is 14.8 Å². The molecule has 138 valence electrons. The molecule has 0 spiro atoms. The average Bonchev–Trinajstić information content (AvgIpc) is 2.96. The van der Waals surface area contributed by atoms with Crippen molar-refractivity contribution in [2.45, 2.75) is 38.6 Å². The van der Waals surface area contributed by atoms with Crippen LogP contribution >= 0.6 is 0 Å². The van der Waals surface area contributed by atoms with Crippen molar-refractivity contribution in [2.75, 3.05) is 30.9 Å². The van der Waals surface area contributed by atoms with Gasteiger partial charge >= 0.3 is 6.09 Å². The summed E-state index contributed by atoms with van der Waals surface area (Å²) in [6, 6.07) is -0.0364. The van der Waals surface area contributed by atoms with Crippen molar-refractivity contribution >= 4 is 21.9 Å². The molecule has 3 heterocycles. The third-order valence-electron chi connectivity index (χ3n) is 4.92. The molecular formula is C16H24N4O4S. The number of sulfonamides is 1. The van der Waals surface area contributed by atoms with Crippen molar-refractivity contribution < 1.29 is 17.9 Å². The summed E-state index contributed by atoms with van der Waals surface area (Å²) < 4.78 is 29.8. The number of amides is 1. The number of carbonyl (C=O) groups is 1. The number of rotatable bonds is 4. The van der Waals surface area contributed by atoms with Crippen LogP contribution in [0.2, 0.25) is 0 Å². The molecule has 1 amide bonds. The van der Waals surface area contributed by atoms with Gasteiger partial charge in [-0.25, -0.2) is 22.5 Å². The Kier molecular flexibility index (Phi) is 4.97. The first-order valence-corrected chi connectivity index (χ1v) is 10.3. The Morgan fingerprint density at radius 1 is 1.20 bits per heavy atom. The first kappa shape index (κ1) is 18.1. The number of hydrogen-bond acceptors (Lipinski definition) is 6. The zero-order chi connectivity index (χ0) is 18.2. The first-order valence-electron chi connectivity index (χ1n) is 8.50. The SMILES string of the molecule is CC(C)C1COC(=O)N1c1cnc(C2CCN(S(C)(=O)=O)CC2)cn1. The van der Waals surface area contributed by atoms with Gasteiger partial charge in [-0.2, -0.15) is 0 Å². The number of nitrogens with zero attached hydrogens (tertiary/aromatic N) is 4. The highest BCUT2D eigenvalue weighted by molar-refractivity contribution is 7.88. The van der Waals surface area contributed by atoms with E-state index in [1.165, 1.54) is 10.6 Å². The van der Waals surface area contributed by atoms with Crippen molar-refractivity contribution in [3.8, 4) is 0 Å². The summed E-state index contributed by atoms with van der Waals surface area (Å²) in [7, 11) is -3.13. The lowest BCUT2D eigenvalue weighted by atomic mass is 9.95. The van der Waals surface area contributed by atoms with E-state index in [-0.39, 0.29) is 24.0 Å². The molecule has 1 aromatic heterocycles. The largest absolute Gasteiger partial charge is 0.447 e. The van der Waals surface area contributed by atoms with Gasteiger partial charge in [0.15, 0.2) is 5.82 Å². The minimum absolute atomic E-state index is 0.0364. The van der Waals surface area contributed by atoms with Crippen LogP contribution in [-0.4, -0.2) is 60.8 Å². The summed E-state index contributed by atoms with van der Waals surface area (Å²) in [6.45, 7) is 5.44. The van der Waals surface area contributed by atoms with Gasteiger partial charge in [-0.3, -0.25) is 9.88 Å². The molecule has 1 aromatic rings. The van der Waals surface area contributed by atoms with Crippen LogP contribution in [0.15, 0.2) is 12.4 Å². The van der Waals surface area contributed by atoms with Gasteiger partial charge in [-0.1, -0.05) is 13.8 Å². The van der Waals surface area contributed by atoms with Crippen LogP contribution in [0.25, 0.3) is 0 Å². The van der Waals surface area contributed by atoms with E-state index in [1.807, 2.05) is 13.8 Å². The lowest BCUT2D eigenvalue weighted by Gasteiger charge is -2.30. The average molecular weight is 368 g/mol. The fourth-order valence-electron chi connectivity index (χ4n) is 3.34. The zero-order valence-corrected chi connectivity index (χ0v) is 15.6. The Morgan fingerprint density at radius 3 is 2.40 bits per heavy atom. The van der Waals surface area contributed by atoms with Crippen molar-refractivity contribution in [3.05, 3.63) is 18.1 Å². The third kappa shape index (κ3) is 3.77. The highest BCUT2D eigenvalue weighted by Crippen LogP contribution is 2.29. The Bertz CT molecular complexity index is 727. The van der Waals surface area contributed by atoms with Crippen molar-refractivity contribution in [1.82, 2.24) is 14.3 Å². The summed E-state index contributed by atoms with van der Waals surface area (Å²) in [6.07, 6.45) is 5.60. The second-order valence-electron chi connectivity index (χ2n) is 6.99. The second-order valence-corrected chi connectivity index (χ2v) is 8.98. The van der Waals surface area contributed by atoms with E-state index < -0.39 is 10.0 Å². The molecule has 2 aliphatic rings. The van der Waals surface area contributed by atoms with Crippen molar-refractivity contribution in [2.24, 2.45) is 5.92 Å². The quantitative estimate of drug-likeness (QED) is 0.801. The van der Waals surface area contributed by atoms with Crippen LogP contribution < -0.4 is 4.90 Å². The minimum atomic E-state index is -3.13. The van der Waals surface area contributed by atoms with E-state index in [0.29, 0.717) is 25.5 Å². The molecule has 2 aliphatic heterocycles. The Labute approximate surface area is 148 Å². The molecule has 2 saturated heterocycles. The van der Waals surface area contributed by atoms with Gasteiger partial charge in [0.05, 0.1) is 30.4 Å². The maximum atomic E-state index is 12.0. The zero-order valence-electron chi connectivity index (χ0n) is 14.8. The summed E-state index contributed by atoms with van der Waals surface area (Å²) in [5, 5.41) is 0. The summed E-state index contributed by atoms with van der Waals surface area (Å²) in [5.41, 5.74) is 0.838. The predicted octanol–water partition coefficient (Wildman–Crippen LogP) is 1.60. The number of anilines is 1. The molecule has 2 fully saturated rings. The molecular weight excluding hydrogens is 344 g/mol. The maximum absolute atomic E-state index is 12.0. The van der Waals surface area contributed by atoms with E-state index in [1.54, 1.807) is 17.3 Å². The topological polar surface area (TPSA) is 92.7 Å². The van der Waals surface area contributed by atoms with Crippen molar-refractivity contribution in [3.63, 3.8) is 0 Å². The Morgan fingerprint density at radius 2 is 1.88 bits per heavy atom. The second kappa shape index (κ2) is 6.87. The van der Waals surface area contributed by atoms with E-state index in [9.17, 15) is 13.2 Å². The van der Waals surface area contributed by atoms with Crippen LogP contribution in [0.1, 0.15) is 38.3 Å². The molecule has 0 saturated carbocycles. The standard InChI is InChI=1S/C16H24N4O4S/c1-11(2)14-10-24-16(21)20(14)15-9-17-13(8-18-15)12-4-6-19(7-5-12)25(3,22)23/h8-9,11-12,14H,4-7,10H2,1-3H3. The predicted molar refractivity (Wildman–Crippen MR) is 92.9 cm³/mol. The fourth-order valence-corrected chi connectivity index (χ4v) is 4.21. The molecule has 0 bridgehead atoms. The lowest BCUT2D eigenvalue weighted by Crippen LogP contribution is -2.38. The summed E-state index contributed by atoms with van der Waals surface area (Å²) >= 11 is 0. The molecule has 0 aliphatic carbocycles. The van der Waals surface area contributed by atoms with E-state index in [4.69, 9.17) is 4.74 Å². The molecule has 3 rings (SSSR count). The third-order valence-corrected chi connectivity index (χ3v) is 6.22. The van der Waals surface area contributed by atoms with Gasteiger partial charge in [-0.05, 0) is 18.8 Å². The maximum Gasteiger partial charge on any atom is 0.415 e. The minimum Gasteiger partial charge on any atom is -0.447 e. The smallest absolute Gasteiger partial charge is 0.415 e. The molecule has 1 atom stereocenters. The number of ether oxygens (including phenoxy) is 1. The number of carbonyl (C=O) groups excluding carboxylic acids is 1. The van der Waals surface area contributed by atoms with E-state index in [0.717, 1.165) is 18.5 Å². The normalized spacial score (nSPS) is 23.3. The first-order chi connectivity index (χ1) is 11.8. The number of cyclic esters (lactones) is 1. The number of hydrogen-bond donors (Lipinski definition) is 0. The van der Waals surface area contributed by atoms with Crippen LogP contribution in [0.5, 0.6) is 0 Å². The van der Waals surface area contributed by atoms with E-state index >= 15 is 0 Å². The summed E-state index contributed by atoms with van der Waals surface area (Å²) in [5.74, 6) is 0.942. The number of piperidine rings is 1. The highest BCUT2D eigenvalue weighted by Gasteiger charge is 2.37. The van der Waals surface area contributed by atoms with Crippen LogP contribution in [0, 0.1) is 5.92 Å². The number of aromatic nitrogens is 2. The van der Waals surface area contributed by atoms with Gasteiger partial charge < -0.3 is 4.74 Å².